The van der Waals surface area contributed by atoms with E-state index in [1.54, 1.807) is 29.3 Å². The Morgan fingerprint density at radius 2 is 1.80 bits per heavy atom. The number of rotatable bonds is 5. The van der Waals surface area contributed by atoms with Crippen LogP contribution >= 0.6 is 0 Å². The molecule has 1 aromatic carbocycles. The number of hydrogen-bond donors (Lipinski definition) is 0. The number of ether oxygens (including phenoxy) is 1. The minimum Gasteiger partial charge on any atom is -0.477 e. The quantitative estimate of drug-likeness (QED) is 0.730. The van der Waals surface area contributed by atoms with Gasteiger partial charge in [0.1, 0.15) is 5.56 Å². The van der Waals surface area contributed by atoms with E-state index in [-0.39, 0.29) is 19.0 Å². The fourth-order valence-electron chi connectivity index (χ4n) is 4.13. The first-order valence-electron chi connectivity index (χ1n) is 10.5. The van der Waals surface area contributed by atoms with Crippen LogP contribution in [0.1, 0.15) is 41.3 Å². The number of sulfonamides is 1. The van der Waals surface area contributed by atoms with E-state index >= 15 is 0 Å². The van der Waals surface area contributed by atoms with Crippen LogP contribution in [0.25, 0.3) is 0 Å². The smallest absolute Gasteiger partial charge is 0.259 e. The van der Waals surface area contributed by atoms with E-state index in [0.29, 0.717) is 36.0 Å². The van der Waals surface area contributed by atoms with Crippen molar-refractivity contribution in [3.05, 3.63) is 53.2 Å². The van der Waals surface area contributed by atoms with Crippen molar-refractivity contribution in [2.45, 2.75) is 37.5 Å². The van der Waals surface area contributed by atoms with Crippen molar-refractivity contribution in [2.75, 3.05) is 32.8 Å². The Morgan fingerprint density at radius 1 is 1.07 bits per heavy atom. The Morgan fingerprint density at radius 3 is 2.53 bits per heavy atom. The normalized spacial score (nSPS) is 17.4. The van der Waals surface area contributed by atoms with Crippen molar-refractivity contribution in [1.29, 1.82) is 0 Å². The lowest BCUT2D eigenvalue weighted by Gasteiger charge is -2.34. The molecule has 0 N–H and O–H groups in total. The summed E-state index contributed by atoms with van der Waals surface area (Å²) in [6, 6.07) is 8.91. The third-order valence-electron chi connectivity index (χ3n) is 5.77. The van der Waals surface area contributed by atoms with E-state index < -0.39 is 10.0 Å². The molecule has 2 aromatic rings. The molecule has 1 aliphatic carbocycles. The van der Waals surface area contributed by atoms with Crippen LogP contribution in [0.5, 0.6) is 5.88 Å². The molecule has 30 heavy (non-hydrogen) atoms. The minimum absolute atomic E-state index is 0.183. The maximum absolute atomic E-state index is 13.2. The summed E-state index contributed by atoms with van der Waals surface area (Å²) in [5.74, 6) is 0.131. The largest absolute Gasteiger partial charge is 0.477 e. The number of piperazine rings is 1. The lowest BCUT2D eigenvalue weighted by Crippen LogP contribution is -2.50. The van der Waals surface area contributed by atoms with Gasteiger partial charge in [-0.3, -0.25) is 4.79 Å². The highest BCUT2D eigenvalue weighted by Gasteiger charge is 2.31. The fraction of sp³-hybridized carbons (Fsp3) is 0.455. The lowest BCUT2D eigenvalue weighted by atomic mass is 9.92. The van der Waals surface area contributed by atoms with E-state index in [4.69, 9.17) is 4.74 Å². The highest BCUT2D eigenvalue weighted by atomic mass is 32.2. The molecule has 0 saturated carbocycles. The van der Waals surface area contributed by atoms with Crippen LogP contribution in [0.4, 0.5) is 0 Å². The molecular formula is C22H27N3O4S. The second kappa shape index (κ2) is 8.73. The molecule has 2 aliphatic rings. The Bertz CT molecular complexity index is 1030. The molecule has 0 unspecified atom stereocenters. The number of aromatic nitrogens is 1. The van der Waals surface area contributed by atoms with E-state index in [1.165, 1.54) is 9.87 Å². The first-order chi connectivity index (χ1) is 14.5. The molecule has 0 atom stereocenters. The van der Waals surface area contributed by atoms with Gasteiger partial charge in [0.15, 0.2) is 0 Å². The predicted molar refractivity (Wildman–Crippen MR) is 113 cm³/mol. The van der Waals surface area contributed by atoms with Crippen molar-refractivity contribution >= 4 is 15.9 Å². The number of nitrogens with zero attached hydrogens (tertiary/aromatic N) is 3. The van der Waals surface area contributed by atoms with Crippen LogP contribution < -0.4 is 4.74 Å². The third kappa shape index (κ3) is 4.06. The predicted octanol–water partition coefficient (Wildman–Crippen LogP) is 2.51. The molecule has 7 nitrogen and oxygen atoms in total. The monoisotopic (exact) mass is 429 g/mol. The van der Waals surface area contributed by atoms with Crippen molar-refractivity contribution in [3.63, 3.8) is 0 Å². The molecule has 1 saturated heterocycles. The Kier molecular flexibility index (Phi) is 6.06. The highest BCUT2D eigenvalue weighted by molar-refractivity contribution is 7.89. The zero-order valence-corrected chi connectivity index (χ0v) is 18.0. The summed E-state index contributed by atoms with van der Waals surface area (Å²) in [4.78, 5) is 19.1. The van der Waals surface area contributed by atoms with Crippen LogP contribution in [-0.2, 0) is 22.9 Å². The summed E-state index contributed by atoms with van der Waals surface area (Å²) in [7, 11) is -3.57. The second-order valence-corrected chi connectivity index (χ2v) is 9.56. The number of fused-ring (bicyclic) bond motifs is 1. The van der Waals surface area contributed by atoms with Gasteiger partial charge in [0.2, 0.25) is 15.9 Å². The molecule has 1 amide bonds. The Labute approximate surface area is 177 Å². The Balaban J connectivity index is 1.46. The molecule has 1 aliphatic heterocycles. The maximum Gasteiger partial charge on any atom is 0.259 e. The van der Waals surface area contributed by atoms with Gasteiger partial charge in [-0.15, -0.1) is 0 Å². The van der Waals surface area contributed by atoms with E-state index in [2.05, 4.69) is 4.98 Å². The first kappa shape index (κ1) is 20.8. The molecule has 0 spiro atoms. The topological polar surface area (TPSA) is 79.8 Å². The summed E-state index contributed by atoms with van der Waals surface area (Å²) >= 11 is 0. The molecule has 160 valence electrons. The standard InChI is InChI=1S/C22H27N3O4S/c1-2-29-21-20(8-5-11-23-21)22(26)24-12-14-25(15-13-24)30(27,28)19-10-9-17-6-3-4-7-18(17)16-19/h5,8-11,16H,2-4,6-7,12-15H2,1H3. The molecule has 4 rings (SSSR count). The molecular weight excluding hydrogens is 402 g/mol. The van der Waals surface area contributed by atoms with Crippen LogP contribution in [0.15, 0.2) is 41.4 Å². The average Bonchev–Trinajstić information content (AvgIpc) is 2.79. The summed E-state index contributed by atoms with van der Waals surface area (Å²) in [5, 5.41) is 0. The van der Waals surface area contributed by atoms with E-state index in [1.807, 2.05) is 19.1 Å². The van der Waals surface area contributed by atoms with Crippen molar-refractivity contribution in [3.8, 4) is 5.88 Å². The van der Waals surface area contributed by atoms with Crippen LogP contribution in [0.2, 0.25) is 0 Å². The van der Waals surface area contributed by atoms with Crippen LogP contribution in [0, 0.1) is 0 Å². The van der Waals surface area contributed by atoms with Gasteiger partial charge >= 0.3 is 0 Å². The summed E-state index contributed by atoms with van der Waals surface area (Å²) < 4.78 is 33.2. The molecule has 8 heteroatoms. The number of benzene rings is 1. The second-order valence-electron chi connectivity index (χ2n) is 7.62. The van der Waals surface area contributed by atoms with Gasteiger partial charge in [-0.05, 0) is 68.0 Å². The van der Waals surface area contributed by atoms with Gasteiger partial charge in [0.25, 0.3) is 5.91 Å². The molecule has 0 radical (unpaired) electrons. The van der Waals surface area contributed by atoms with Crippen molar-refractivity contribution < 1.29 is 17.9 Å². The SMILES string of the molecule is CCOc1ncccc1C(=O)N1CCN(S(=O)(=O)c2ccc3c(c2)CCCC3)CC1. The lowest BCUT2D eigenvalue weighted by molar-refractivity contribution is 0.0692. The first-order valence-corrected chi connectivity index (χ1v) is 11.9. The van der Waals surface area contributed by atoms with Gasteiger partial charge in [-0.1, -0.05) is 6.07 Å². The number of aryl methyl sites for hydroxylation is 2. The van der Waals surface area contributed by atoms with Gasteiger partial charge in [-0.25, -0.2) is 13.4 Å². The maximum atomic E-state index is 13.2. The van der Waals surface area contributed by atoms with Crippen LogP contribution in [0.3, 0.4) is 0 Å². The van der Waals surface area contributed by atoms with Crippen molar-refractivity contribution in [2.24, 2.45) is 0 Å². The third-order valence-corrected chi connectivity index (χ3v) is 7.66. The molecule has 2 heterocycles. The van der Waals surface area contributed by atoms with E-state index in [9.17, 15) is 13.2 Å². The van der Waals surface area contributed by atoms with Crippen LogP contribution in [-0.4, -0.2) is 61.3 Å². The fourth-order valence-corrected chi connectivity index (χ4v) is 5.60. The zero-order chi connectivity index (χ0) is 21.1. The number of pyridine rings is 1. The van der Waals surface area contributed by atoms with Gasteiger partial charge in [-0.2, -0.15) is 4.31 Å². The molecule has 1 fully saturated rings. The van der Waals surface area contributed by atoms with Crippen molar-refractivity contribution in [1.82, 2.24) is 14.2 Å². The molecule has 1 aromatic heterocycles. The zero-order valence-electron chi connectivity index (χ0n) is 17.2. The van der Waals surface area contributed by atoms with Gasteiger partial charge in [0, 0.05) is 32.4 Å². The number of amides is 1. The minimum atomic E-state index is -3.57. The van der Waals surface area contributed by atoms with Gasteiger partial charge in [0.05, 0.1) is 11.5 Å². The number of carbonyl (C=O) groups is 1. The average molecular weight is 430 g/mol. The van der Waals surface area contributed by atoms with Gasteiger partial charge < -0.3 is 9.64 Å². The summed E-state index contributed by atoms with van der Waals surface area (Å²) in [6.07, 6.45) is 5.82. The number of hydrogen-bond acceptors (Lipinski definition) is 5. The summed E-state index contributed by atoms with van der Waals surface area (Å²) in [6.45, 7) is 3.48. The summed E-state index contributed by atoms with van der Waals surface area (Å²) in [5.41, 5.74) is 2.82. The molecule has 0 bridgehead atoms. The highest BCUT2D eigenvalue weighted by Crippen LogP contribution is 2.26. The Hall–Kier alpha value is -2.45. The van der Waals surface area contributed by atoms with E-state index in [0.717, 1.165) is 31.2 Å². The number of carbonyl (C=O) groups excluding carboxylic acids is 1.